The van der Waals surface area contributed by atoms with E-state index in [2.05, 4.69) is 40.4 Å². The fraction of sp³-hybridized carbons (Fsp3) is 0.818. The molecule has 0 saturated carbocycles. The van der Waals surface area contributed by atoms with Crippen LogP contribution in [0.15, 0.2) is 0 Å². The third-order valence-corrected chi connectivity index (χ3v) is 3.82. The molecule has 1 N–H and O–H groups in total. The predicted octanol–water partition coefficient (Wildman–Crippen LogP) is 2.44. The Labute approximate surface area is 102 Å². The highest BCUT2D eigenvalue weighted by atomic mass is 32.1. The zero-order valence-electron chi connectivity index (χ0n) is 10.2. The maximum atomic E-state index is 5.21. The van der Waals surface area contributed by atoms with Gasteiger partial charge in [-0.15, -0.1) is 5.10 Å². The van der Waals surface area contributed by atoms with Crippen LogP contribution in [0.5, 0.6) is 0 Å². The molecule has 1 atom stereocenters. The Hall–Kier alpha value is -0.840. The molecule has 4 nitrogen and oxygen atoms in total. The zero-order valence-corrected chi connectivity index (χ0v) is 11.0. The van der Waals surface area contributed by atoms with Crippen LogP contribution in [0.4, 0.5) is 5.95 Å². The van der Waals surface area contributed by atoms with Crippen molar-refractivity contribution in [1.29, 1.82) is 0 Å². The first-order valence-corrected chi connectivity index (χ1v) is 6.44. The molecule has 1 unspecified atom stereocenters. The van der Waals surface area contributed by atoms with Crippen LogP contribution in [-0.2, 0) is 6.54 Å². The number of aromatic amines is 1. The Bertz CT molecular complexity index is 406. The molecule has 90 valence electrons. The summed E-state index contributed by atoms with van der Waals surface area (Å²) in [6.07, 6.45) is 1.26. The van der Waals surface area contributed by atoms with E-state index in [4.69, 9.17) is 12.2 Å². The average Bonchev–Trinajstić information content (AvgIpc) is 2.83. The number of H-pyrrole nitrogens is 1. The fourth-order valence-electron chi connectivity index (χ4n) is 2.35. The Balaban J connectivity index is 2.17. The molecule has 0 bridgehead atoms. The van der Waals surface area contributed by atoms with Crippen molar-refractivity contribution >= 4 is 18.2 Å². The van der Waals surface area contributed by atoms with Gasteiger partial charge in [0.05, 0.1) is 0 Å². The monoisotopic (exact) mass is 240 g/mol. The Morgan fingerprint density at radius 3 is 2.88 bits per heavy atom. The van der Waals surface area contributed by atoms with Gasteiger partial charge in [0.2, 0.25) is 5.95 Å². The second-order valence-corrected chi connectivity index (χ2v) is 5.20. The van der Waals surface area contributed by atoms with Gasteiger partial charge >= 0.3 is 0 Å². The summed E-state index contributed by atoms with van der Waals surface area (Å²) in [5, 5.41) is 7.22. The third kappa shape index (κ3) is 2.00. The molecule has 1 aromatic heterocycles. The van der Waals surface area contributed by atoms with Crippen molar-refractivity contribution < 1.29 is 0 Å². The van der Waals surface area contributed by atoms with E-state index in [0.29, 0.717) is 0 Å². The zero-order chi connectivity index (χ0) is 11.7. The number of aromatic nitrogens is 3. The summed E-state index contributed by atoms with van der Waals surface area (Å²) >= 11 is 5.21. The molecule has 1 saturated heterocycles. The molecule has 1 aromatic rings. The Kier molecular flexibility index (Phi) is 3.33. The van der Waals surface area contributed by atoms with Gasteiger partial charge < -0.3 is 4.90 Å². The van der Waals surface area contributed by atoms with Crippen molar-refractivity contribution in [2.24, 2.45) is 11.8 Å². The molecule has 5 heteroatoms. The molecule has 16 heavy (non-hydrogen) atoms. The van der Waals surface area contributed by atoms with Crippen LogP contribution in [0.3, 0.4) is 0 Å². The van der Waals surface area contributed by atoms with E-state index >= 15 is 0 Å². The first kappa shape index (κ1) is 11.6. The molecule has 2 rings (SSSR count). The van der Waals surface area contributed by atoms with Crippen LogP contribution in [0, 0.1) is 16.6 Å². The van der Waals surface area contributed by atoms with Crippen LogP contribution in [0.1, 0.15) is 27.2 Å². The van der Waals surface area contributed by atoms with Crippen LogP contribution in [-0.4, -0.2) is 27.9 Å². The van der Waals surface area contributed by atoms with Gasteiger partial charge in [0.25, 0.3) is 0 Å². The predicted molar refractivity (Wildman–Crippen MR) is 68.2 cm³/mol. The molecule has 0 aliphatic carbocycles. The maximum Gasteiger partial charge on any atom is 0.225 e. The summed E-state index contributed by atoms with van der Waals surface area (Å²) in [5.41, 5.74) is 0. The highest BCUT2D eigenvalue weighted by Gasteiger charge is 2.27. The highest BCUT2D eigenvalue weighted by Crippen LogP contribution is 2.27. The summed E-state index contributed by atoms with van der Waals surface area (Å²) in [6, 6.07) is 0. The van der Waals surface area contributed by atoms with Gasteiger partial charge in [0.1, 0.15) is 0 Å². The van der Waals surface area contributed by atoms with Gasteiger partial charge in [0, 0.05) is 19.6 Å². The smallest absolute Gasteiger partial charge is 0.225 e. The molecule has 1 aliphatic rings. The molecular formula is C11H20N4S. The first-order chi connectivity index (χ1) is 7.63. The Morgan fingerprint density at radius 1 is 1.56 bits per heavy atom. The number of nitrogens with one attached hydrogen (secondary N) is 1. The Morgan fingerprint density at radius 2 is 2.31 bits per heavy atom. The quantitative estimate of drug-likeness (QED) is 0.825. The number of hydrogen-bond donors (Lipinski definition) is 1. The van der Waals surface area contributed by atoms with E-state index in [0.717, 1.165) is 42.2 Å². The molecule has 0 amide bonds. The van der Waals surface area contributed by atoms with E-state index in [-0.39, 0.29) is 0 Å². The minimum Gasteiger partial charge on any atom is -0.341 e. The van der Waals surface area contributed by atoms with Crippen molar-refractivity contribution in [2.45, 2.75) is 33.7 Å². The van der Waals surface area contributed by atoms with Gasteiger partial charge in [0.15, 0.2) is 4.77 Å². The van der Waals surface area contributed by atoms with Crippen LogP contribution < -0.4 is 4.90 Å². The minimum absolute atomic E-state index is 0.727. The lowest BCUT2D eigenvalue weighted by molar-refractivity contribution is 0.422. The van der Waals surface area contributed by atoms with E-state index in [9.17, 15) is 0 Å². The number of hydrogen-bond acceptors (Lipinski definition) is 3. The van der Waals surface area contributed by atoms with Crippen molar-refractivity contribution in [1.82, 2.24) is 14.8 Å². The van der Waals surface area contributed by atoms with E-state index in [1.807, 2.05) is 0 Å². The molecule has 0 aromatic carbocycles. The van der Waals surface area contributed by atoms with Crippen LogP contribution in [0.2, 0.25) is 0 Å². The van der Waals surface area contributed by atoms with E-state index in [1.54, 1.807) is 0 Å². The van der Waals surface area contributed by atoms with Gasteiger partial charge in [-0.1, -0.05) is 13.8 Å². The molecule has 1 fully saturated rings. The minimum atomic E-state index is 0.727. The summed E-state index contributed by atoms with van der Waals surface area (Å²) in [7, 11) is 0. The highest BCUT2D eigenvalue weighted by molar-refractivity contribution is 7.71. The standard InChI is InChI=1S/C11H20N4S/c1-4-15-10(12-13-11(15)16)14-6-5-9(7-14)8(2)3/h8-9H,4-7H2,1-3H3,(H,13,16). The van der Waals surface area contributed by atoms with Crippen molar-refractivity contribution in [3.05, 3.63) is 4.77 Å². The van der Waals surface area contributed by atoms with Crippen LogP contribution >= 0.6 is 12.2 Å². The lowest BCUT2D eigenvalue weighted by atomic mass is 9.95. The van der Waals surface area contributed by atoms with E-state index in [1.165, 1.54) is 6.42 Å². The molecule has 2 heterocycles. The van der Waals surface area contributed by atoms with Gasteiger partial charge in [-0.25, -0.2) is 5.10 Å². The number of anilines is 1. The summed E-state index contributed by atoms with van der Waals surface area (Å²) in [4.78, 5) is 2.35. The lowest BCUT2D eigenvalue weighted by Gasteiger charge is -2.19. The van der Waals surface area contributed by atoms with Gasteiger partial charge in [-0.05, 0) is 37.4 Å². The summed E-state index contributed by atoms with van der Waals surface area (Å²) < 4.78 is 2.79. The van der Waals surface area contributed by atoms with Gasteiger partial charge in [-0.3, -0.25) is 4.57 Å². The molecule has 1 aliphatic heterocycles. The van der Waals surface area contributed by atoms with Crippen molar-refractivity contribution in [2.75, 3.05) is 18.0 Å². The lowest BCUT2D eigenvalue weighted by Crippen LogP contribution is -2.24. The maximum absolute atomic E-state index is 5.21. The third-order valence-electron chi connectivity index (χ3n) is 3.50. The van der Waals surface area contributed by atoms with Gasteiger partial charge in [-0.2, -0.15) is 0 Å². The summed E-state index contributed by atoms with van der Waals surface area (Å²) in [5.74, 6) is 2.55. The van der Waals surface area contributed by atoms with Crippen LogP contribution in [0.25, 0.3) is 0 Å². The second kappa shape index (κ2) is 4.57. The summed E-state index contributed by atoms with van der Waals surface area (Å²) in [6.45, 7) is 9.79. The topological polar surface area (TPSA) is 36.9 Å². The molecule has 0 radical (unpaired) electrons. The van der Waals surface area contributed by atoms with Crippen molar-refractivity contribution in [3.8, 4) is 0 Å². The van der Waals surface area contributed by atoms with E-state index < -0.39 is 0 Å². The fourth-order valence-corrected chi connectivity index (χ4v) is 2.61. The first-order valence-electron chi connectivity index (χ1n) is 6.03. The SMILES string of the molecule is CCn1c(N2CCC(C(C)C)C2)n[nH]c1=S. The normalized spacial score (nSPS) is 21.0. The molecular weight excluding hydrogens is 220 g/mol. The average molecular weight is 240 g/mol. The largest absolute Gasteiger partial charge is 0.341 e. The number of nitrogens with zero attached hydrogens (tertiary/aromatic N) is 3. The second-order valence-electron chi connectivity index (χ2n) is 4.81. The molecule has 0 spiro atoms. The van der Waals surface area contributed by atoms with Crippen molar-refractivity contribution in [3.63, 3.8) is 0 Å². The number of rotatable bonds is 3.